The molecule has 0 N–H and O–H groups in total. The lowest BCUT2D eigenvalue weighted by atomic mass is 9.80. The normalized spacial score (nSPS) is 16.2. The van der Waals surface area contributed by atoms with Crippen LogP contribution in [0.5, 0.6) is 46.0 Å². The highest BCUT2D eigenvalue weighted by Crippen LogP contribution is 2.58. The van der Waals surface area contributed by atoms with Crippen molar-refractivity contribution in [1.29, 1.82) is 0 Å². The standard InChI is InChI=1S/C78H62N2O16/c1-43-15-23-49(24-16-43)93-58-37-54-63-55(74(82)79(73(54)81)71(47-11-7-5-8-12-47)77(85)90-34-33-87-41-53-42-92-53)38-59(94-50-25-17-44(2)18-26-50)66-68-61(96-52-29-21-46(4)22-30-52)40-57-64-56(39-60(67(70(64)68)65(58)69(63)66)95-51-27-19-45(3)20-28-51)75(83)80(76(57)84)72(48-13-9-6-10-14-48)78(86)91-36-35-89-62-31-32-88-62/h5-30,37-40,53,62,71-72H,31-36,41-42H2,1-4H3. The van der Waals surface area contributed by atoms with Crippen LogP contribution < -0.4 is 18.9 Å². The summed E-state index contributed by atoms with van der Waals surface area (Å²) in [7, 11) is 0. The van der Waals surface area contributed by atoms with Crippen molar-refractivity contribution >= 4 is 78.7 Å². The predicted molar refractivity (Wildman–Crippen MR) is 355 cm³/mol. The molecule has 0 aliphatic carbocycles. The summed E-state index contributed by atoms with van der Waals surface area (Å²) < 4.78 is 62.6. The number of amides is 4. The van der Waals surface area contributed by atoms with Crippen LogP contribution in [0.15, 0.2) is 182 Å². The van der Waals surface area contributed by atoms with Crippen molar-refractivity contribution < 1.29 is 76.1 Å². The average Bonchev–Trinajstić information content (AvgIpc) is 0.893. The lowest BCUT2D eigenvalue weighted by molar-refractivity contribution is -0.219. The summed E-state index contributed by atoms with van der Waals surface area (Å²) >= 11 is 0. The van der Waals surface area contributed by atoms with Gasteiger partial charge in [0.05, 0.1) is 55.3 Å². The van der Waals surface area contributed by atoms with Gasteiger partial charge in [0.25, 0.3) is 23.6 Å². The van der Waals surface area contributed by atoms with Crippen LogP contribution in [0.1, 0.15) is 93.3 Å². The molecule has 0 spiro atoms. The van der Waals surface area contributed by atoms with Crippen molar-refractivity contribution in [2.45, 2.75) is 58.6 Å². The Hall–Kier alpha value is -11.0. The molecular formula is C78H62N2O16. The molecule has 2 saturated heterocycles. The van der Waals surface area contributed by atoms with Gasteiger partial charge in [-0.3, -0.25) is 29.0 Å². The summed E-state index contributed by atoms with van der Waals surface area (Å²) in [4.78, 5) is 96.5. The Morgan fingerprint density at radius 3 is 1.04 bits per heavy atom. The maximum Gasteiger partial charge on any atom is 0.334 e. The number of carbonyl (C=O) groups excluding carboxylic acids is 6. The molecule has 4 amide bonds. The number of carbonyl (C=O) groups is 6. The first-order valence-corrected chi connectivity index (χ1v) is 31.7. The van der Waals surface area contributed by atoms with Crippen LogP contribution in [0.25, 0.3) is 43.1 Å². The molecule has 0 saturated carbocycles. The van der Waals surface area contributed by atoms with Gasteiger partial charge < -0.3 is 47.4 Å². The number of benzene rings is 11. The van der Waals surface area contributed by atoms with Crippen molar-refractivity contribution in [3.63, 3.8) is 0 Å². The molecule has 0 bridgehead atoms. The minimum Gasteiger partial charge on any atom is -0.461 e. The molecule has 15 rings (SSSR count). The Bertz CT molecular complexity index is 4670. The molecule has 480 valence electrons. The van der Waals surface area contributed by atoms with Gasteiger partial charge in [0.1, 0.15) is 65.3 Å². The monoisotopic (exact) mass is 1280 g/mol. The number of hydrogen-bond donors (Lipinski definition) is 0. The van der Waals surface area contributed by atoms with E-state index in [-0.39, 0.29) is 126 Å². The van der Waals surface area contributed by atoms with Crippen molar-refractivity contribution in [2.75, 3.05) is 46.2 Å². The van der Waals surface area contributed by atoms with E-state index >= 15 is 19.2 Å². The molecule has 0 radical (unpaired) electrons. The zero-order valence-electron chi connectivity index (χ0n) is 52.7. The number of aryl methyl sites for hydroxylation is 4. The molecule has 18 nitrogen and oxygen atoms in total. The van der Waals surface area contributed by atoms with E-state index in [0.29, 0.717) is 54.8 Å². The summed E-state index contributed by atoms with van der Waals surface area (Å²) in [5.74, 6) is -3.59. The minimum absolute atomic E-state index is 0.00768. The second kappa shape index (κ2) is 25.4. The molecule has 0 aromatic heterocycles. The first-order valence-electron chi connectivity index (χ1n) is 31.7. The van der Waals surface area contributed by atoms with Gasteiger partial charge in [-0.2, -0.15) is 0 Å². The second-order valence-corrected chi connectivity index (χ2v) is 24.3. The second-order valence-electron chi connectivity index (χ2n) is 24.3. The molecule has 11 aromatic rings. The van der Waals surface area contributed by atoms with Crippen LogP contribution in [0.3, 0.4) is 0 Å². The first kappa shape index (κ1) is 61.2. The van der Waals surface area contributed by atoms with Gasteiger partial charge in [0, 0.05) is 49.5 Å². The summed E-state index contributed by atoms with van der Waals surface area (Å²) in [6, 6.07) is 49.0. The quantitative estimate of drug-likeness (QED) is 0.0146. The minimum atomic E-state index is -1.62. The van der Waals surface area contributed by atoms with Gasteiger partial charge in [0.15, 0.2) is 18.4 Å². The smallest absolute Gasteiger partial charge is 0.334 e. The topological polar surface area (TPSA) is 204 Å². The van der Waals surface area contributed by atoms with Crippen LogP contribution in [0.4, 0.5) is 0 Å². The van der Waals surface area contributed by atoms with Crippen LogP contribution in [-0.4, -0.2) is 104 Å². The van der Waals surface area contributed by atoms with Crippen LogP contribution in [0, 0.1) is 27.7 Å². The fourth-order valence-electron chi connectivity index (χ4n) is 12.7. The molecule has 2 fully saturated rings. The third-order valence-electron chi connectivity index (χ3n) is 17.6. The molecule has 4 unspecified atom stereocenters. The molecule has 4 aliphatic heterocycles. The number of esters is 2. The fourth-order valence-corrected chi connectivity index (χ4v) is 12.7. The van der Waals surface area contributed by atoms with Crippen LogP contribution >= 0.6 is 0 Å². The van der Waals surface area contributed by atoms with E-state index in [1.54, 1.807) is 133 Å². The Kier molecular flexibility index (Phi) is 16.2. The summed E-state index contributed by atoms with van der Waals surface area (Å²) in [5.41, 5.74) is 4.15. The Morgan fingerprint density at radius 2 is 0.740 bits per heavy atom. The molecule has 11 aromatic carbocycles. The lowest BCUT2D eigenvalue weighted by Crippen LogP contribution is -2.46. The van der Waals surface area contributed by atoms with E-state index in [9.17, 15) is 9.59 Å². The summed E-state index contributed by atoms with van der Waals surface area (Å²) in [6.07, 6.45) is 0.215. The van der Waals surface area contributed by atoms with Gasteiger partial charge in [-0.15, -0.1) is 0 Å². The Balaban J connectivity index is 1.04. The highest BCUT2D eigenvalue weighted by Gasteiger charge is 2.48. The van der Waals surface area contributed by atoms with E-state index in [1.165, 1.54) is 0 Å². The average molecular weight is 1280 g/mol. The van der Waals surface area contributed by atoms with Gasteiger partial charge in [0.2, 0.25) is 0 Å². The van der Waals surface area contributed by atoms with E-state index < -0.39 is 53.9 Å². The number of fused-ring (bicyclic) bond motifs is 2. The molecule has 4 aliphatic rings. The van der Waals surface area contributed by atoms with Gasteiger partial charge in [-0.05, 0) is 112 Å². The zero-order chi connectivity index (χ0) is 65.9. The van der Waals surface area contributed by atoms with Crippen LogP contribution in [0.2, 0.25) is 0 Å². The molecular weight excluding hydrogens is 1220 g/mol. The molecule has 4 atom stereocenters. The molecule has 96 heavy (non-hydrogen) atoms. The number of ether oxygens (including phenoxy) is 10. The lowest BCUT2D eigenvalue weighted by Gasteiger charge is -2.35. The Labute approximate surface area is 550 Å². The van der Waals surface area contributed by atoms with E-state index in [2.05, 4.69) is 0 Å². The number of epoxide rings is 1. The van der Waals surface area contributed by atoms with E-state index in [1.807, 2.05) is 76.2 Å². The summed E-state index contributed by atoms with van der Waals surface area (Å²) in [6.45, 7) is 8.79. The SMILES string of the molecule is Cc1ccc(Oc2cc3c4c(cc(Oc5ccc(C)cc5)c5c6c(Oc7ccc(C)cc7)cc7c8c(cc(Oc9ccc(C)cc9)c(c2c45)c86)C(=O)N(C(C(=O)OCCOC2CCO2)c2ccccc2)C7=O)C(=O)N(C(C(=O)OCCOCC2CO2)c2ccccc2)C3=O)cc1. The highest BCUT2D eigenvalue weighted by atomic mass is 16.7. The first-order chi connectivity index (χ1) is 46.7. The third-order valence-corrected chi connectivity index (χ3v) is 17.6. The van der Waals surface area contributed by atoms with Crippen molar-refractivity contribution in [3.8, 4) is 46.0 Å². The predicted octanol–water partition coefficient (Wildman–Crippen LogP) is 15.1. The Morgan fingerprint density at radius 1 is 0.417 bits per heavy atom. The number of rotatable bonds is 23. The molecule has 4 heterocycles. The van der Waals surface area contributed by atoms with Gasteiger partial charge in [-0.1, -0.05) is 131 Å². The number of hydrogen-bond acceptors (Lipinski definition) is 16. The van der Waals surface area contributed by atoms with Gasteiger partial charge in [-0.25, -0.2) is 9.59 Å². The maximum absolute atomic E-state index is 16.2. The van der Waals surface area contributed by atoms with E-state index in [0.717, 1.165) is 32.1 Å². The van der Waals surface area contributed by atoms with Gasteiger partial charge >= 0.3 is 11.9 Å². The number of imide groups is 2. The maximum atomic E-state index is 16.2. The van der Waals surface area contributed by atoms with Crippen molar-refractivity contribution in [3.05, 3.63) is 238 Å². The van der Waals surface area contributed by atoms with Crippen LogP contribution in [-0.2, 0) is 38.0 Å². The van der Waals surface area contributed by atoms with Crippen molar-refractivity contribution in [2.24, 2.45) is 0 Å². The van der Waals surface area contributed by atoms with E-state index in [4.69, 9.17) is 47.4 Å². The summed E-state index contributed by atoms with van der Waals surface area (Å²) in [5, 5.41) is 1.92. The molecule has 18 heteroatoms. The largest absolute Gasteiger partial charge is 0.461 e. The zero-order valence-corrected chi connectivity index (χ0v) is 52.7. The highest BCUT2D eigenvalue weighted by molar-refractivity contribution is 6.45. The third kappa shape index (κ3) is 11.4. The van der Waals surface area contributed by atoms with Crippen molar-refractivity contribution in [1.82, 2.24) is 9.80 Å². The number of nitrogens with zero attached hydrogens (tertiary/aromatic N) is 2. The fraction of sp³-hybridized carbons (Fsp3) is 0.205.